The van der Waals surface area contributed by atoms with E-state index in [0.29, 0.717) is 18.9 Å². The molecule has 0 aromatic rings. The smallest absolute Gasteiger partial charge is 0.0890 e. The van der Waals surface area contributed by atoms with E-state index in [1.165, 1.54) is 0 Å². The van der Waals surface area contributed by atoms with Gasteiger partial charge in [-0.05, 0) is 33.6 Å². The van der Waals surface area contributed by atoms with E-state index in [1.807, 2.05) is 0 Å². The lowest BCUT2D eigenvalue weighted by Gasteiger charge is -2.26. The zero-order valence-electron chi connectivity index (χ0n) is 8.82. The van der Waals surface area contributed by atoms with Gasteiger partial charge in [-0.15, -0.1) is 0 Å². The molecule has 0 saturated carbocycles. The number of hydrogen-bond acceptors (Lipinski definition) is 3. The summed E-state index contributed by atoms with van der Waals surface area (Å²) >= 11 is 0. The molecule has 3 nitrogen and oxygen atoms in total. The number of aliphatic hydroxyl groups excluding tert-OH is 1. The third-order valence-electron chi connectivity index (χ3n) is 3.04. The highest BCUT2D eigenvalue weighted by molar-refractivity contribution is 4.87. The molecule has 13 heavy (non-hydrogen) atoms. The summed E-state index contributed by atoms with van der Waals surface area (Å²) in [7, 11) is 0. The number of hydrogen-bond donors (Lipinski definition) is 2. The van der Waals surface area contributed by atoms with Crippen molar-refractivity contribution in [3.05, 3.63) is 0 Å². The fourth-order valence-corrected chi connectivity index (χ4v) is 1.76. The Labute approximate surface area is 80.4 Å². The van der Waals surface area contributed by atoms with Crippen molar-refractivity contribution in [1.29, 1.82) is 0 Å². The molecule has 2 unspecified atom stereocenters. The van der Waals surface area contributed by atoms with Crippen LogP contribution < -0.4 is 0 Å². The first-order valence-corrected chi connectivity index (χ1v) is 5.08. The molecule has 0 spiro atoms. The minimum Gasteiger partial charge on any atom is -0.390 e. The third kappa shape index (κ3) is 2.66. The van der Waals surface area contributed by atoms with E-state index < -0.39 is 11.7 Å². The van der Waals surface area contributed by atoms with E-state index >= 15 is 0 Å². The molecule has 1 rings (SSSR count). The molecule has 0 aromatic carbocycles. The Hall–Kier alpha value is -0.120. The second-order valence-electron chi connectivity index (χ2n) is 4.54. The molecule has 1 aliphatic rings. The lowest BCUT2D eigenvalue weighted by atomic mass is 9.94. The number of likely N-dealkylation sites (tertiary alicyclic amines) is 1. The Balaban J connectivity index is 2.57. The molecular weight excluding hydrogens is 166 g/mol. The van der Waals surface area contributed by atoms with Crippen LogP contribution in [0, 0.1) is 0 Å². The summed E-state index contributed by atoms with van der Waals surface area (Å²) in [6, 6.07) is 0.501. The van der Waals surface area contributed by atoms with Crippen molar-refractivity contribution in [3.63, 3.8) is 0 Å². The molecule has 0 bridgehead atoms. The van der Waals surface area contributed by atoms with Gasteiger partial charge in [-0.2, -0.15) is 0 Å². The van der Waals surface area contributed by atoms with Crippen LogP contribution in [-0.2, 0) is 0 Å². The molecule has 2 atom stereocenters. The zero-order valence-corrected chi connectivity index (χ0v) is 8.82. The van der Waals surface area contributed by atoms with Gasteiger partial charge in [0.1, 0.15) is 0 Å². The lowest BCUT2D eigenvalue weighted by molar-refractivity contribution is -0.0623. The van der Waals surface area contributed by atoms with Crippen LogP contribution in [0.4, 0.5) is 0 Å². The molecular formula is C10H21NO2. The Morgan fingerprint density at radius 1 is 1.38 bits per heavy atom. The van der Waals surface area contributed by atoms with Gasteiger partial charge in [0.2, 0.25) is 0 Å². The highest BCUT2D eigenvalue weighted by atomic mass is 16.3. The van der Waals surface area contributed by atoms with E-state index in [4.69, 9.17) is 0 Å². The molecule has 0 aromatic heterocycles. The number of rotatable bonds is 1. The van der Waals surface area contributed by atoms with Gasteiger partial charge in [0.25, 0.3) is 0 Å². The van der Waals surface area contributed by atoms with Crippen molar-refractivity contribution in [2.24, 2.45) is 0 Å². The van der Waals surface area contributed by atoms with Crippen LogP contribution in [0.1, 0.15) is 33.6 Å². The molecule has 78 valence electrons. The van der Waals surface area contributed by atoms with Gasteiger partial charge < -0.3 is 15.1 Å². The van der Waals surface area contributed by atoms with Gasteiger partial charge >= 0.3 is 0 Å². The fraction of sp³-hybridized carbons (Fsp3) is 1.00. The molecule has 1 saturated heterocycles. The van der Waals surface area contributed by atoms with Gasteiger partial charge in [-0.3, -0.25) is 0 Å². The third-order valence-corrected chi connectivity index (χ3v) is 3.04. The monoisotopic (exact) mass is 187 g/mol. The van der Waals surface area contributed by atoms with Crippen molar-refractivity contribution in [2.45, 2.75) is 51.4 Å². The highest BCUT2D eigenvalue weighted by Gasteiger charge is 2.33. The summed E-state index contributed by atoms with van der Waals surface area (Å²) < 4.78 is 0. The summed E-state index contributed by atoms with van der Waals surface area (Å²) in [6.45, 7) is 7.77. The van der Waals surface area contributed by atoms with Crippen LogP contribution in [0.15, 0.2) is 0 Å². The first kappa shape index (κ1) is 11.0. The van der Waals surface area contributed by atoms with Crippen molar-refractivity contribution in [3.8, 4) is 0 Å². The van der Waals surface area contributed by atoms with Gasteiger partial charge in [0, 0.05) is 19.1 Å². The summed E-state index contributed by atoms with van der Waals surface area (Å²) in [6.07, 6.45) is 0.758. The van der Waals surface area contributed by atoms with Crippen LogP contribution in [0.5, 0.6) is 0 Å². The standard InChI is InChI=1S/C10H21NO2/c1-8(2)11-6-4-9(12)10(3,13)5-7-11/h8-9,12-13H,4-7H2,1-3H3. The molecule has 2 N–H and O–H groups in total. The second kappa shape index (κ2) is 3.95. The Kier molecular flexibility index (Phi) is 3.33. The second-order valence-corrected chi connectivity index (χ2v) is 4.54. The molecule has 1 aliphatic heterocycles. The quantitative estimate of drug-likeness (QED) is 0.632. The van der Waals surface area contributed by atoms with Gasteiger partial charge in [-0.25, -0.2) is 0 Å². The number of aliphatic hydroxyl groups is 2. The summed E-state index contributed by atoms with van der Waals surface area (Å²) in [5.41, 5.74) is -0.899. The van der Waals surface area contributed by atoms with Crippen molar-refractivity contribution < 1.29 is 10.2 Å². The predicted molar refractivity (Wildman–Crippen MR) is 52.6 cm³/mol. The maximum absolute atomic E-state index is 9.85. The SMILES string of the molecule is CC(C)N1CCC(O)C(C)(O)CC1. The van der Waals surface area contributed by atoms with Crippen molar-refractivity contribution in [1.82, 2.24) is 4.90 Å². The first-order valence-electron chi connectivity index (χ1n) is 5.08. The van der Waals surface area contributed by atoms with E-state index in [0.717, 1.165) is 13.1 Å². The topological polar surface area (TPSA) is 43.7 Å². The molecule has 0 amide bonds. The van der Waals surface area contributed by atoms with Gasteiger partial charge in [0.15, 0.2) is 0 Å². The summed E-state index contributed by atoms with van der Waals surface area (Å²) in [5.74, 6) is 0. The molecule has 0 radical (unpaired) electrons. The normalized spacial score (nSPS) is 37.8. The Morgan fingerprint density at radius 2 is 2.00 bits per heavy atom. The zero-order chi connectivity index (χ0) is 10.1. The maximum Gasteiger partial charge on any atom is 0.0890 e. The largest absolute Gasteiger partial charge is 0.390 e. The van der Waals surface area contributed by atoms with Gasteiger partial charge in [0.05, 0.1) is 11.7 Å². The predicted octanol–water partition coefficient (Wildman–Crippen LogP) is 0.603. The van der Waals surface area contributed by atoms with E-state index in [1.54, 1.807) is 6.92 Å². The van der Waals surface area contributed by atoms with E-state index in [2.05, 4.69) is 18.7 Å². The van der Waals surface area contributed by atoms with Crippen molar-refractivity contribution >= 4 is 0 Å². The Bertz CT molecular complexity index is 168. The average Bonchev–Trinajstić information content (AvgIpc) is 2.13. The minimum absolute atomic E-state index is 0.501. The van der Waals surface area contributed by atoms with Crippen LogP contribution in [0.2, 0.25) is 0 Å². The fourth-order valence-electron chi connectivity index (χ4n) is 1.76. The summed E-state index contributed by atoms with van der Waals surface area (Å²) in [4.78, 5) is 2.30. The minimum atomic E-state index is -0.899. The van der Waals surface area contributed by atoms with E-state index in [9.17, 15) is 10.2 Å². The number of nitrogens with zero attached hydrogens (tertiary/aromatic N) is 1. The first-order chi connectivity index (χ1) is 5.93. The average molecular weight is 187 g/mol. The Morgan fingerprint density at radius 3 is 2.54 bits per heavy atom. The molecule has 1 heterocycles. The molecule has 1 fully saturated rings. The molecule has 0 aliphatic carbocycles. The van der Waals surface area contributed by atoms with Crippen LogP contribution >= 0.6 is 0 Å². The highest BCUT2D eigenvalue weighted by Crippen LogP contribution is 2.22. The van der Waals surface area contributed by atoms with E-state index in [-0.39, 0.29) is 0 Å². The molecule has 3 heteroatoms. The summed E-state index contributed by atoms with van der Waals surface area (Å²) in [5, 5.41) is 19.5. The van der Waals surface area contributed by atoms with Crippen LogP contribution in [-0.4, -0.2) is 45.9 Å². The van der Waals surface area contributed by atoms with Crippen molar-refractivity contribution in [2.75, 3.05) is 13.1 Å². The van der Waals surface area contributed by atoms with Crippen LogP contribution in [0.3, 0.4) is 0 Å². The lowest BCUT2D eigenvalue weighted by Crippen LogP contribution is -2.39. The van der Waals surface area contributed by atoms with Gasteiger partial charge in [-0.1, -0.05) is 0 Å². The van der Waals surface area contributed by atoms with Crippen LogP contribution in [0.25, 0.3) is 0 Å². The maximum atomic E-state index is 9.85.